The molecular formula is C23H31N3O2S2. The van der Waals surface area contributed by atoms with Gasteiger partial charge in [0.1, 0.15) is 10.7 Å². The van der Waals surface area contributed by atoms with Crippen LogP contribution in [0.25, 0.3) is 10.2 Å². The molecule has 0 unspecified atom stereocenters. The van der Waals surface area contributed by atoms with Crippen LogP contribution in [-0.2, 0) is 24.2 Å². The molecule has 0 amide bonds. The van der Waals surface area contributed by atoms with Crippen LogP contribution >= 0.6 is 22.7 Å². The van der Waals surface area contributed by atoms with Crippen LogP contribution in [0.1, 0.15) is 54.3 Å². The second-order valence-electron chi connectivity index (χ2n) is 8.43. The van der Waals surface area contributed by atoms with Gasteiger partial charge in [0.15, 0.2) is 0 Å². The van der Waals surface area contributed by atoms with E-state index in [0.717, 1.165) is 61.4 Å². The van der Waals surface area contributed by atoms with E-state index in [2.05, 4.69) is 48.2 Å². The third kappa shape index (κ3) is 5.02. The first-order valence-electron chi connectivity index (χ1n) is 10.9. The summed E-state index contributed by atoms with van der Waals surface area (Å²) >= 11 is 3.42. The van der Waals surface area contributed by atoms with E-state index >= 15 is 0 Å². The Bertz CT molecular complexity index is 1020. The molecule has 0 aliphatic carbocycles. The maximum atomic E-state index is 13.0. The van der Waals surface area contributed by atoms with Gasteiger partial charge in [-0.25, -0.2) is 4.98 Å². The molecule has 3 aromatic heterocycles. The van der Waals surface area contributed by atoms with Gasteiger partial charge in [0.05, 0.1) is 18.0 Å². The summed E-state index contributed by atoms with van der Waals surface area (Å²) in [7, 11) is 0. The maximum Gasteiger partial charge on any atom is 0.259 e. The van der Waals surface area contributed by atoms with Crippen molar-refractivity contribution in [2.75, 3.05) is 13.2 Å². The largest absolute Gasteiger partial charge is 0.377 e. The first kappa shape index (κ1) is 21.7. The normalized spacial score (nSPS) is 17.9. The van der Waals surface area contributed by atoms with Crippen molar-refractivity contribution in [1.82, 2.24) is 14.9 Å². The van der Waals surface area contributed by atoms with Crippen LogP contribution in [-0.4, -0.2) is 34.1 Å². The zero-order valence-electron chi connectivity index (χ0n) is 18.1. The van der Waals surface area contributed by atoms with Gasteiger partial charge in [-0.1, -0.05) is 26.3 Å². The predicted octanol–water partition coefficient (Wildman–Crippen LogP) is 5.12. The molecule has 1 N–H and O–H groups in total. The van der Waals surface area contributed by atoms with Crippen molar-refractivity contribution in [3.63, 3.8) is 0 Å². The Morgan fingerprint density at radius 2 is 2.27 bits per heavy atom. The highest BCUT2D eigenvalue weighted by atomic mass is 32.1. The monoisotopic (exact) mass is 445 g/mol. The Balaban J connectivity index is 1.59. The number of hydrogen-bond donors (Lipinski definition) is 1. The quantitative estimate of drug-likeness (QED) is 0.496. The van der Waals surface area contributed by atoms with Crippen molar-refractivity contribution in [3.8, 4) is 0 Å². The Hall–Kier alpha value is -1.54. The minimum Gasteiger partial charge on any atom is -0.377 e. The van der Waals surface area contributed by atoms with Crippen LogP contribution in [0.15, 0.2) is 22.3 Å². The molecule has 3 aromatic rings. The van der Waals surface area contributed by atoms with Gasteiger partial charge in [-0.2, -0.15) is 0 Å². The van der Waals surface area contributed by atoms with E-state index in [-0.39, 0.29) is 11.7 Å². The van der Waals surface area contributed by atoms with Crippen molar-refractivity contribution in [3.05, 3.63) is 49.0 Å². The molecule has 1 aliphatic rings. The van der Waals surface area contributed by atoms with E-state index < -0.39 is 0 Å². The number of nitrogens with one attached hydrogen (secondary N) is 1. The van der Waals surface area contributed by atoms with Crippen molar-refractivity contribution >= 4 is 32.9 Å². The number of hydrogen-bond acceptors (Lipinski definition) is 6. The summed E-state index contributed by atoms with van der Waals surface area (Å²) in [5, 5.41) is 2.91. The highest BCUT2D eigenvalue weighted by Crippen LogP contribution is 2.30. The number of thiophene rings is 2. The summed E-state index contributed by atoms with van der Waals surface area (Å²) in [5.41, 5.74) is 1.19. The molecule has 0 bridgehead atoms. The Morgan fingerprint density at radius 1 is 1.40 bits per heavy atom. The number of aromatic nitrogens is 2. The molecule has 1 aliphatic heterocycles. The summed E-state index contributed by atoms with van der Waals surface area (Å²) in [6.07, 6.45) is 4.56. The Kier molecular flexibility index (Phi) is 7.03. The van der Waals surface area contributed by atoms with Gasteiger partial charge in [0, 0.05) is 29.5 Å². The fraction of sp³-hybridized carbons (Fsp3) is 0.565. The molecule has 1 fully saturated rings. The first-order valence-corrected chi connectivity index (χ1v) is 12.6. The number of rotatable bonds is 9. The molecule has 30 heavy (non-hydrogen) atoms. The molecule has 0 saturated carbocycles. The van der Waals surface area contributed by atoms with Gasteiger partial charge < -0.3 is 9.72 Å². The molecule has 0 aromatic carbocycles. The molecule has 4 heterocycles. The molecule has 162 valence electrons. The van der Waals surface area contributed by atoms with E-state index in [1.807, 2.05) is 0 Å². The average Bonchev–Trinajstić information content (AvgIpc) is 3.45. The SMILES string of the molecule is CC[C@H](C)Cc1c(C)sc2nc(CN(Cc3cccs3)C[C@H]3CCCO3)[nH]c(=O)c12. The molecule has 0 radical (unpaired) electrons. The third-order valence-corrected chi connectivity index (χ3v) is 7.88. The summed E-state index contributed by atoms with van der Waals surface area (Å²) in [6.45, 7) is 9.75. The number of fused-ring (bicyclic) bond motifs is 1. The predicted molar refractivity (Wildman–Crippen MR) is 126 cm³/mol. The minimum atomic E-state index is 0.00541. The number of aryl methyl sites for hydroxylation is 1. The topological polar surface area (TPSA) is 58.2 Å². The van der Waals surface area contributed by atoms with Crippen molar-refractivity contribution in [2.45, 2.75) is 65.6 Å². The zero-order valence-corrected chi connectivity index (χ0v) is 19.7. The van der Waals surface area contributed by atoms with E-state index in [9.17, 15) is 4.79 Å². The van der Waals surface area contributed by atoms with Crippen LogP contribution < -0.4 is 5.56 Å². The summed E-state index contributed by atoms with van der Waals surface area (Å²) < 4.78 is 5.87. The van der Waals surface area contributed by atoms with Crippen molar-refractivity contribution in [2.24, 2.45) is 5.92 Å². The van der Waals surface area contributed by atoms with Crippen molar-refractivity contribution in [1.29, 1.82) is 0 Å². The minimum absolute atomic E-state index is 0.00541. The maximum absolute atomic E-state index is 13.0. The average molecular weight is 446 g/mol. The third-order valence-electron chi connectivity index (χ3n) is 5.98. The van der Waals surface area contributed by atoms with Gasteiger partial charge in [0.2, 0.25) is 0 Å². The van der Waals surface area contributed by atoms with Gasteiger partial charge in [-0.3, -0.25) is 9.69 Å². The molecule has 1 saturated heterocycles. The van der Waals surface area contributed by atoms with Gasteiger partial charge >= 0.3 is 0 Å². The fourth-order valence-corrected chi connectivity index (χ4v) is 5.95. The lowest BCUT2D eigenvalue weighted by Gasteiger charge is -2.24. The van der Waals surface area contributed by atoms with Gasteiger partial charge in [-0.05, 0) is 49.1 Å². The summed E-state index contributed by atoms with van der Waals surface area (Å²) in [5.74, 6) is 1.31. The summed E-state index contributed by atoms with van der Waals surface area (Å²) in [6, 6.07) is 4.25. The standard InChI is InChI=1S/C23H31N3O2S2/c1-4-15(2)11-19-16(3)30-23-21(19)22(27)24-20(25-23)14-26(12-17-7-5-9-28-17)13-18-8-6-10-29-18/h6,8,10,15,17H,4-5,7,9,11-14H2,1-3H3,(H,24,25,27)/t15-,17+/m0/s1. The van der Waals surface area contributed by atoms with Gasteiger partial charge in [-0.15, -0.1) is 22.7 Å². The number of aromatic amines is 1. The van der Waals surface area contributed by atoms with Crippen LogP contribution in [0.4, 0.5) is 0 Å². The highest BCUT2D eigenvalue weighted by Gasteiger charge is 2.22. The second-order valence-corrected chi connectivity index (χ2v) is 10.7. The highest BCUT2D eigenvalue weighted by molar-refractivity contribution is 7.18. The van der Waals surface area contributed by atoms with E-state index in [4.69, 9.17) is 9.72 Å². The lowest BCUT2D eigenvalue weighted by Crippen LogP contribution is -2.32. The smallest absolute Gasteiger partial charge is 0.259 e. The molecular weight excluding hydrogens is 414 g/mol. The number of nitrogens with zero attached hydrogens (tertiary/aromatic N) is 2. The lowest BCUT2D eigenvalue weighted by molar-refractivity contribution is 0.0674. The van der Waals surface area contributed by atoms with Crippen LogP contribution in [0.5, 0.6) is 0 Å². The van der Waals surface area contributed by atoms with Crippen molar-refractivity contribution < 1.29 is 4.74 Å². The van der Waals surface area contributed by atoms with E-state index in [1.54, 1.807) is 22.7 Å². The molecule has 5 nitrogen and oxygen atoms in total. The lowest BCUT2D eigenvalue weighted by atomic mass is 9.98. The second kappa shape index (κ2) is 9.73. The Labute approximate surface area is 186 Å². The number of ether oxygens (including phenoxy) is 1. The van der Waals surface area contributed by atoms with Crippen LogP contribution in [0.3, 0.4) is 0 Å². The van der Waals surface area contributed by atoms with Crippen LogP contribution in [0.2, 0.25) is 0 Å². The molecule has 2 atom stereocenters. The molecule has 0 spiro atoms. The van der Waals surface area contributed by atoms with E-state index in [1.165, 1.54) is 15.3 Å². The summed E-state index contributed by atoms with van der Waals surface area (Å²) in [4.78, 5) is 26.7. The molecule has 7 heteroatoms. The fourth-order valence-electron chi connectivity index (χ4n) is 4.13. The Morgan fingerprint density at radius 3 is 2.97 bits per heavy atom. The first-order chi connectivity index (χ1) is 14.5. The zero-order chi connectivity index (χ0) is 21.1. The number of H-pyrrole nitrogens is 1. The van der Waals surface area contributed by atoms with E-state index in [0.29, 0.717) is 12.5 Å². The molecule has 4 rings (SSSR count). The van der Waals surface area contributed by atoms with Gasteiger partial charge in [0.25, 0.3) is 5.56 Å². The van der Waals surface area contributed by atoms with Crippen LogP contribution in [0, 0.1) is 12.8 Å².